The molecular weight excluding hydrogens is 270 g/mol. The van der Waals surface area contributed by atoms with E-state index in [0.717, 1.165) is 16.8 Å². The smallest absolute Gasteiger partial charge is 0.263 e. The Bertz CT molecular complexity index is 599. The minimum Gasteiger partial charge on any atom is -0.366 e. The third kappa shape index (κ3) is 3.39. The molecular formula is C17H20F2N2. The van der Waals surface area contributed by atoms with Crippen LogP contribution < -0.4 is 10.6 Å². The topological polar surface area (TPSA) is 29.3 Å². The van der Waals surface area contributed by atoms with Crippen LogP contribution in [0.25, 0.3) is 0 Å². The van der Waals surface area contributed by atoms with Crippen LogP contribution in [0, 0.1) is 6.92 Å². The molecule has 2 rings (SSSR count). The second kappa shape index (κ2) is 6.68. The van der Waals surface area contributed by atoms with Gasteiger partial charge in [-0.25, -0.2) is 8.78 Å². The van der Waals surface area contributed by atoms with E-state index in [2.05, 4.69) is 0 Å². The molecule has 0 aliphatic rings. The molecule has 2 aromatic rings. The number of likely N-dealkylation sites (N-methyl/N-ethyl adjacent to an activating group) is 1. The molecule has 2 aromatic carbocycles. The van der Waals surface area contributed by atoms with Crippen LogP contribution in [0.15, 0.2) is 48.5 Å². The van der Waals surface area contributed by atoms with Crippen molar-refractivity contribution in [2.45, 2.75) is 19.4 Å². The quantitative estimate of drug-likeness (QED) is 0.899. The first-order valence-corrected chi connectivity index (χ1v) is 6.91. The lowest BCUT2D eigenvalue weighted by Crippen LogP contribution is -2.31. The number of nitrogens with two attached hydrogens (primary N) is 1. The summed E-state index contributed by atoms with van der Waals surface area (Å²) in [6, 6.07) is 14.3. The summed E-state index contributed by atoms with van der Waals surface area (Å²) < 4.78 is 25.7. The van der Waals surface area contributed by atoms with Gasteiger partial charge in [-0.3, -0.25) is 0 Å². The molecule has 0 aliphatic heterocycles. The van der Waals surface area contributed by atoms with Crippen molar-refractivity contribution in [3.8, 4) is 0 Å². The summed E-state index contributed by atoms with van der Waals surface area (Å²) >= 11 is 0. The molecule has 0 heterocycles. The highest BCUT2D eigenvalue weighted by Crippen LogP contribution is 2.29. The molecule has 112 valence electrons. The van der Waals surface area contributed by atoms with Crippen molar-refractivity contribution >= 4 is 5.69 Å². The number of hydrogen-bond acceptors (Lipinski definition) is 2. The van der Waals surface area contributed by atoms with Crippen molar-refractivity contribution in [2.75, 3.05) is 18.5 Å². The number of aryl methyl sites for hydroxylation is 1. The molecule has 0 saturated heterocycles. The van der Waals surface area contributed by atoms with Crippen molar-refractivity contribution in [1.82, 2.24) is 0 Å². The first-order valence-electron chi connectivity index (χ1n) is 6.91. The van der Waals surface area contributed by atoms with Crippen LogP contribution in [-0.2, 0) is 0 Å². The van der Waals surface area contributed by atoms with Crippen LogP contribution in [0.1, 0.15) is 29.2 Å². The number of rotatable bonds is 5. The molecule has 21 heavy (non-hydrogen) atoms. The van der Waals surface area contributed by atoms with E-state index in [1.165, 1.54) is 12.1 Å². The fraction of sp³-hybridized carbons (Fsp3) is 0.294. The van der Waals surface area contributed by atoms with Crippen LogP contribution in [0.4, 0.5) is 14.5 Å². The summed E-state index contributed by atoms with van der Waals surface area (Å²) in [5, 5.41) is 0. The second-order valence-electron chi connectivity index (χ2n) is 5.12. The van der Waals surface area contributed by atoms with Gasteiger partial charge in [0.05, 0.1) is 6.04 Å². The molecule has 0 bridgehead atoms. The van der Waals surface area contributed by atoms with Gasteiger partial charge >= 0.3 is 0 Å². The van der Waals surface area contributed by atoms with E-state index in [4.69, 9.17) is 5.73 Å². The lowest BCUT2D eigenvalue weighted by molar-refractivity contribution is 0.151. The van der Waals surface area contributed by atoms with Crippen LogP contribution in [-0.4, -0.2) is 13.6 Å². The van der Waals surface area contributed by atoms with Gasteiger partial charge in [0.2, 0.25) is 0 Å². The summed E-state index contributed by atoms with van der Waals surface area (Å²) in [5.41, 5.74) is 8.91. The Morgan fingerprint density at radius 2 is 1.71 bits per heavy atom. The molecule has 2 nitrogen and oxygen atoms in total. The molecule has 1 atom stereocenters. The Morgan fingerprint density at radius 1 is 1.05 bits per heavy atom. The number of hydrogen-bond donors (Lipinski definition) is 1. The summed E-state index contributed by atoms with van der Waals surface area (Å²) in [7, 11) is 1.94. The molecule has 0 saturated carbocycles. The maximum atomic E-state index is 12.9. The lowest BCUT2D eigenvalue weighted by Gasteiger charge is -2.31. The highest BCUT2D eigenvalue weighted by Gasteiger charge is 2.18. The summed E-state index contributed by atoms with van der Waals surface area (Å²) in [6.07, 6.45) is -2.47. The van der Waals surface area contributed by atoms with Gasteiger partial charge in [0, 0.05) is 24.8 Å². The van der Waals surface area contributed by atoms with E-state index < -0.39 is 6.43 Å². The molecule has 1 unspecified atom stereocenters. The highest BCUT2D eigenvalue weighted by atomic mass is 19.3. The van der Waals surface area contributed by atoms with Crippen LogP contribution in [0.3, 0.4) is 0 Å². The van der Waals surface area contributed by atoms with Crippen LogP contribution in [0.2, 0.25) is 0 Å². The van der Waals surface area contributed by atoms with Crippen molar-refractivity contribution in [3.05, 3.63) is 65.2 Å². The monoisotopic (exact) mass is 290 g/mol. The van der Waals surface area contributed by atoms with E-state index >= 15 is 0 Å². The third-order valence-corrected chi connectivity index (χ3v) is 3.73. The Morgan fingerprint density at radius 3 is 2.33 bits per heavy atom. The number of halogens is 2. The van der Waals surface area contributed by atoms with E-state index in [0.29, 0.717) is 6.54 Å². The van der Waals surface area contributed by atoms with Crippen LogP contribution in [0.5, 0.6) is 0 Å². The number of nitrogens with zero attached hydrogens (tertiary/aromatic N) is 1. The molecule has 0 aliphatic carbocycles. The van der Waals surface area contributed by atoms with E-state index in [-0.39, 0.29) is 11.6 Å². The molecule has 0 aromatic heterocycles. The number of anilines is 1. The standard InChI is InChI=1S/C17H20F2N2/c1-12-6-3-4-9-15(12)21(2)16(11-20)13-7-5-8-14(10-13)17(18)19/h3-10,16-17H,11,20H2,1-2H3. The second-order valence-corrected chi connectivity index (χ2v) is 5.12. The van der Waals surface area contributed by atoms with Gasteiger partial charge in [0.25, 0.3) is 6.43 Å². The van der Waals surface area contributed by atoms with Crippen molar-refractivity contribution in [3.63, 3.8) is 0 Å². The molecule has 0 spiro atoms. The van der Waals surface area contributed by atoms with E-state index in [1.807, 2.05) is 49.2 Å². The number of alkyl halides is 2. The number of benzene rings is 2. The minimum atomic E-state index is -2.47. The molecule has 0 amide bonds. The van der Waals surface area contributed by atoms with Crippen molar-refractivity contribution in [2.24, 2.45) is 5.73 Å². The predicted molar refractivity (Wildman–Crippen MR) is 82.8 cm³/mol. The molecule has 2 N–H and O–H groups in total. The summed E-state index contributed by atoms with van der Waals surface area (Å²) in [6.45, 7) is 2.38. The van der Waals surface area contributed by atoms with Crippen molar-refractivity contribution in [1.29, 1.82) is 0 Å². The average Bonchev–Trinajstić information content (AvgIpc) is 2.48. The SMILES string of the molecule is Cc1ccccc1N(C)C(CN)c1cccc(C(F)F)c1. The average molecular weight is 290 g/mol. The zero-order valence-electron chi connectivity index (χ0n) is 12.3. The van der Waals surface area contributed by atoms with Gasteiger partial charge in [-0.2, -0.15) is 0 Å². The Kier molecular flexibility index (Phi) is 4.91. The highest BCUT2D eigenvalue weighted by molar-refractivity contribution is 5.54. The number of para-hydroxylation sites is 1. The molecule has 0 fully saturated rings. The first-order chi connectivity index (χ1) is 10.0. The Hall–Kier alpha value is -1.94. The van der Waals surface area contributed by atoms with Gasteiger partial charge < -0.3 is 10.6 Å². The molecule has 0 radical (unpaired) electrons. The first kappa shape index (κ1) is 15.4. The normalized spacial score (nSPS) is 12.5. The van der Waals surface area contributed by atoms with E-state index in [1.54, 1.807) is 6.07 Å². The van der Waals surface area contributed by atoms with Gasteiger partial charge in [-0.15, -0.1) is 0 Å². The lowest BCUT2D eigenvalue weighted by atomic mass is 10.0. The van der Waals surface area contributed by atoms with E-state index in [9.17, 15) is 8.78 Å². The minimum absolute atomic E-state index is 0.0316. The third-order valence-electron chi connectivity index (χ3n) is 3.73. The molecule has 4 heteroatoms. The van der Waals surface area contributed by atoms with Crippen molar-refractivity contribution < 1.29 is 8.78 Å². The van der Waals surface area contributed by atoms with Gasteiger partial charge in [0.1, 0.15) is 0 Å². The summed E-state index contributed by atoms with van der Waals surface area (Å²) in [5.74, 6) is 0. The van der Waals surface area contributed by atoms with Crippen LogP contribution >= 0.6 is 0 Å². The fourth-order valence-corrected chi connectivity index (χ4v) is 2.55. The fourth-order valence-electron chi connectivity index (χ4n) is 2.55. The van der Waals surface area contributed by atoms with Gasteiger partial charge in [-0.1, -0.05) is 36.4 Å². The zero-order valence-corrected chi connectivity index (χ0v) is 12.3. The largest absolute Gasteiger partial charge is 0.366 e. The summed E-state index contributed by atoms with van der Waals surface area (Å²) in [4.78, 5) is 2.04. The van der Waals surface area contributed by atoms with Gasteiger partial charge in [-0.05, 0) is 30.2 Å². The van der Waals surface area contributed by atoms with Gasteiger partial charge in [0.15, 0.2) is 0 Å². The predicted octanol–water partition coefficient (Wildman–Crippen LogP) is 4.07. The Labute approximate surface area is 124 Å². The maximum absolute atomic E-state index is 12.9. The Balaban J connectivity index is 2.35. The zero-order chi connectivity index (χ0) is 15.4. The maximum Gasteiger partial charge on any atom is 0.263 e.